The number of ketones is 1. The van der Waals surface area contributed by atoms with E-state index in [1.807, 2.05) is 0 Å². The zero-order valence-electron chi connectivity index (χ0n) is 23.2. The number of benzene rings is 1. The normalized spacial score (nSPS) is 10.9. The van der Waals surface area contributed by atoms with Crippen LogP contribution < -0.4 is 5.32 Å². The van der Waals surface area contributed by atoms with Crippen LogP contribution in [0.5, 0.6) is 0 Å². The zero-order valence-corrected chi connectivity index (χ0v) is 23.2. The first-order valence-electron chi connectivity index (χ1n) is 14.4. The summed E-state index contributed by atoms with van der Waals surface area (Å²) < 4.78 is 24.3. The Labute approximate surface area is 223 Å². The maximum absolute atomic E-state index is 14.7. The predicted octanol–water partition coefficient (Wildman–Crippen LogP) is 7.64. The van der Waals surface area contributed by atoms with Crippen LogP contribution in [0.4, 0.5) is 10.1 Å². The molecule has 0 aliphatic rings. The second-order valence-electron chi connectivity index (χ2n) is 9.52. The van der Waals surface area contributed by atoms with Crippen LogP contribution in [0.1, 0.15) is 121 Å². The van der Waals surface area contributed by atoms with Gasteiger partial charge in [0.15, 0.2) is 5.78 Å². The summed E-state index contributed by atoms with van der Waals surface area (Å²) >= 11 is 0. The Morgan fingerprint density at radius 1 is 0.730 bits per heavy atom. The second kappa shape index (κ2) is 20.6. The number of rotatable bonds is 22. The first-order chi connectivity index (χ1) is 18.0. The molecule has 1 N–H and O–H groups in total. The van der Waals surface area contributed by atoms with Crippen LogP contribution in [-0.4, -0.2) is 37.5 Å². The van der Waals surface area contributed by atoms with E-state index in [-0.39, 0.29) is 18.8 Å². The first kappa shape index (κ1) is 32.6. The van der Waals surface area contributed by atoms with Gasteiger partial charge in [-0.3, -0.25) is 14.4 Å². The third-order valence-corrected chi connectivity index (χ3v) is 6.40. The largest absolute Gasteiger partial charge is 0.465 e. The van der Waals surface area contributed by atoms with Crippen molar-refractivity contribution < 1.29 is 28.2 Å². The average molecular weight is 522 g/mol. The quantitative estimate of drug-likeness (QED) is 0.0730. The van der Waals surface area contributed by atoms with Gasteiger partial charge in [0, 0.05) is 12.2 Å². The van der Waals surface area contributed by atoms with Gasteiger partial charge in [-0.05, 0) is 38.5 Å². The minimum absolute atomic E-state index is 0.00733. The molecule has 0 bridgehead atoms. The fourth-order valence-electron chi connectivity index (χ4n) is 4.29. The van der Waals surface area contributed by atoms with E-state index in [0.717, 1.165) is 12.8 Å². The fourth-order valence-corrected chi connectivity index (χ4v) is 4.29. The Morgan fingerprint density at radius 2 is 1.19 bits per heavy atom. The van der Waals surface area contributed by atoms with Gasteiger partial charge in [-0.25, -0.2) is 4.39 Å². The lowest BCUT2D eigenvalue weighted by atomic mass is 9.97. The van der Waals surface area contributed by atoms with Crippen molar-refractivity contribution >= 4 is 23.4 Å². The number of carbonyl (C=O) groups is 3. The van der Waals surface area contributed by atoms with Crippen molar-refractivity contribution in [2.24, 2.45) is 5.92 Å². The molecule has 0 fully saturated rings. The Hall–Kier alpha value is -2.44. The van der Waals surface area contributed by atoms with Crippen LogP contribution >= 0.6 is 0 Å². The monoisotopic (exact) mass is 521 g/mol. The van der Waals surface area contributed by atoms with Gasteiger partial charge in [0.05, 0.1) is 18.8 Å². The van der Waals surface area contributed by atoms with Crippen molar-refractivity contribution in [3.63, 3.8) is 0 Å². The van der Waals surface area contributed by atoms with Crippen molar-refractivity contribution in [2.75, 3.05) is 25.1 Å². The number of esters is 2. The molecule has 0 heterocycles. The van der Waals surface area contributed by atoms with Gasteiger partial charge in [0.25, 0.3) is 0 Å². The highest BCUT2D eigenvalue weighted by molar-refractivity contribution is 6.20. The van der Waals surface area contributed by atoms with Gasteiger partial charge in [-0.1, -0.05) is 90.4 Å². The number of halogens is 1. The van der Waals surface area contributed by atoms with Crippen molar-refractivity contribution in [3.05, 3.63) is 29.6 Å². The Morgan fingerprint density at radius 3 is 1.62 bits per heavy atom. The molecule has 1 aromatic rings. The Balaban J connectivity index is 2.30. The molecule has 0 radical (unpaired) electrons. The van der Waals surface area contributed by atoms with E-state index in [1.165, 1.54) is 89.2 Å². The highest BCUT2D eigenvalue weighted by Gasteiger charge is 2.38. The third-order valence-electron chi connectivity index (χ3n) is 6.40. The zero-order chi connectivity index (χ0) is 27.3. The summed E-state index contributed by atoms with van der Waals surface area (Å²) in [5.74, 6) is -5.66. The highest BCUT2D eigenvalue weighted by Crippen LogP contribution is 2.20. The van der Waals surface area contributed by atoms with Crippen molar-refractivity contribution in [1.82, 2.24) is 0 Å². The van der Waals surface area contributed by atoms with Crippen LogP contribution in [0, 0.1) is 11.7 Å². The molecule has 0 aromatic heterocycles. The predicted molar refractivity (Wildman–Crippen MR) is 146 cm³/mol. The summed E-state index contributed by atoms with van der Waals surface area (Å²) in [6.07, 6.45) is 18.1. The number of unbranched alkanes of at least 4 members (excludes halogenated alkanes) is 13. The molecule has 6 nitrogen and oxygen atoms in total. The lowest BCUT2D eigenvalue weighted by Crippen LogP contribution is -2.35. The highest BCUT2D eigenvalue weighted by atomic mass is 19.1. The second-order valence-corrected chi connectivity index (χ2v) is 9.52. The summed E-state index contributed by atoms with van der Waals surface area (Å²) in [4.78, 5) is 37.0. The summed E-state index contributed by atoms with van der Waals surface area (Å²) in [7, 11) is 0. The molecular weight excluding hydrogens is 473 g/mol. The summed E-state index contributed by atoms with van der Waals surface area (Å²) in [5.41, 5.74) is 0.209. The molecule has 7 heteroatoms. The third kappa shape index (κ3) is 13.6. The van der Waals surface area contributed by atoms with Crippen LogP contribution in [0.15, 0.2) is 18.2 Å². The number of ether oxygens (including phenoxy) is 2. The SMILES string of the molecule is CCCCCCCCCCCCCCCCNc1ccc(C(=O)C(C(=O)OCC)C(=O)OCC)c(F)c1. The molecule has 0 saturated heterocycles. The van der Waals surface area contributed by atoms with Crippen molar-refractivity contribution in [3.8, 4) is 0 Å². The smallest absolute Gasteiger partial charge is 0.328 e. The van der Waals surface area contributed by atoms with E-state index in [1.54, 1.807) is 19.9 Å². The average Bonchev–Trinajstić information content (AvgIpc) is 2.87. The number of hydrogen-bond acceptors (Lipinski definition) is 6. The molecule has 0 aliphatic carbocycles. The summed E-state index contributed by atoms with van der Waals surface area (Å²) in [5, 5.41) is 3.18. The molecule has 0 saturated carbocycles. The van der Waals surface area contributed by atoms with Gasteiger partial charge >= 0.3 is 11.9 Å². The Bertz CT molecular complexity index is 780. The van der Waals surface area contributed by atoms with Gasteiger partial charge in [0.1, 0.15) is 5.82 Å². The molecule has 0 unspecified atom stereocenters. The molecule has 0 spiro atoms. The maximum atomic E-state index is 14.7. The summed E-state index contributed by atoms with van der Waals surface area (Å²) in [6, 6.07) is 4.08. The van der Waals surface area contributed by atoms with Crippen molar-refractivity contribution in [1.29, 1.82) is 0 Å². The van der Waals surface area contributed by atoms with Gasteiger partial charge in [-0.2, -0.15) is 0 Å². The van der Waals surface area contributed by atoms with E-state index in [2.05, 4.69) is 12.2 Å². The minimum Gasteiger partial charge on any atom is -0.465 e. The molecular formula is C30H48FNO5. The van der Waals surface area contributed by atoms with Crippen LogP contribution in [0.25, 0.3) is 0 Å². The number of carbonyl (C=O) groups excluding carboxylic acids is 3. The van der Waals surface area contributed by atoms with Crippen LogP contribution in [-0.2, 0) is 19.1 Å². The van der Waals surface area contributed by atoms with E-state index in [4.69, 9.17) is 9.47 Å². The Kier molecular flexibility index (Phi) is 18.1. The van der Waals surface area contributed by atoms with E-state index in [9.17, 15) is 18.8 Å². The van der Waals surface area contributed by atoms with Gasteiger partial charge in [0.2, 0.25) is 5.92 Å². The molecule has 0 amide bonds. The molecule has 37 heavy (non-hydrogen) atoms. The molecule has 1 aromatic carbocycles. The van der Waals surface area contributed by atoms with E-state index in [0.29, 0.717) is 12.2 Å². The lowest BCUT2D eigenvalue weighted by molar-refractivity contribution is -0.158. The fraction of sp³-hybridized carbons (Fsp3) is 0.700. The van der Waals surface area contributed by atoms with Gasteiger partial charge in [-0.15, -0.1) is 0 Å². The summed E-state index contributed by atoms with van der Waals surface area (Å²) in [6.45, 7) is 6.06. The van der Waals surface area contributed by atoms with Crippen LogP contribution in [0.3, 0.4) is 0 Å². The van der Waals surface area contributed by atoms with Crippen LogP contribution in [0.2, 0.25) is 0 Å². The van der Waals surface area contributed by atoms with Gasteiger partial charge < -0.3 is 14.8 Å². The molecule has 1 rings (SSSR count). The molecule has 210 valence electrons. The number of Topliss-reactive ketones (excluding diaryl/α,β-unsaturated/α-hetero) is 1. The molecule has 0 aliphatic heterocycles. The van der Waals surface area contributed by atoms with E-state index < -0.39 is 29.5 Å². The standard InChI is InChI=1S/C30H48FNO5/c1-4-7-8-9-10-11-12-13-14-15-16-17-18-19-22-32-24-20-21-25(26(31)23-24)28(33)27(29(34)36-5-2)30(35)37-6-3/h20-21,23,27,32H,4-19,22H2,1-3H3. The maximum Gasteiger partial charge on any atom is 0.328 e. The molecule has 0 atom stereocenters. The first-order valence-corrected chi connectivity index (χ1v) is 14.4. The minimum atomic E-state index is -1.83. The number of anilines is 1. The number of nitrogens with one attached hydrogen (secondary N) is 1. The number of hydrogen-bond donors (Lipinski definition) is 1. The topological polar surface area (TPSA) is 81.7 Å². The van der Waals surface area contributed by atoms with E-state index >= 15 is 0 Å². The lowest BCUT2D eigenvalue weighted by Gasteiger charge is -2.14. The van der Waals surface area contributed by atoms with Crippen molar-refractivity contribution in [2.45, 2.75) is 111 Å².